The van der Waals surface area contributed by atoms with E-state index in [1.165, 1.54) is 11.3 Å². The molecule has 0 unspecified atom stereocenters. The summed E-state index contributed by atoms with van der Waals surface area (Å²) in [5.74, 6) is -0.568. The molecule has 0 aromatic carbocycles. The third-order valence-electron chi connectivity index (χ3n) is 3.12. The van der Waals surface area contributed by atoms with Crippen molar-refractivity contribution < 1.29 is 14.7 Å². The van der Waals surface area contributed by atoms with E-state index >= 15 is 0 Å². The van der Waals surface area contributed by atoms with Crippen molar-refractivity contribution in [3.63, 3.8) is 0 Å². The Morgan fingerprint density at radius 1 is 1.32 bits per heavy atom. The zero-order valence-electron chi connectivity index (χ0n) is 11.2. The molecule has 2 amide bonds. The predicted molar refractivity (Wildman–Crippen MR) is 75.2 cm³/mol. The molecular weight excluding hydrogens is 264 g/mol. The minimum absolute atomic E-state index is 0.0851. The molecule has 0 aliphatic rings. The average molecular weight is 284 g/mol. The summed E-state index contributed by atoms with van der Waals surface area (Å²) in [5.41, 5.74) is -0.316. The van der Waals surface area contributed by atoms with Crippen molar-refractivity contribution in [3.8, 4) is 0 Å². The minimum Gasteiger partial charge on any atom is -0.388 e. The van der Waals surface area contributed by atoms with Gasteiger partial charge in [-0.3, -0.25) is 9.59 Å². The van der Waals surface area contributed by atoms with E-state index in [-0.39, 0.29) is 24.9 Å². The lowest BCUT2D eigenvalue weighted by Crippen LogP contribution is -2.45. The zero-order valence-corrected chi connectivity index (χ0v) is 12.0. The SMILES string of the molecule is CCC(O)(CC)CNC(=O)CNC(=O)c1ccsc1. The van der Waals surface area contributed by atoms with Crippen LogP contribution in [0.1, 0.15) is 37.0 Å². The first-order chi connectivity index (χ1) is 9.00. The maximum Gasteiger partial charge on any atom is 0.252 e. The van der Waals surface area contributed by atoms with Crippen molar-refractivity contribution in [2.45, 2.75) is 32.3 Å². The third kappa shape index (κ3) is 5.00. The molecular formula is C13H20N2O3S. The molecule has 3 N–H and O–H groups in total. The molecule has 19 heavy (non-hydrogen) atoms. The van der Waals surface area contributed by atoms with Gasteiger partial charge in [0.1, 0.15) is 0 Å². The summed E-state index contributed by atoms with van der Waals surface area (Å²) in [6.07, 6.45) is 1.15. The van der Waals surface area contributed by atoms with Crippen molar-refractivity contribution in [2.24, 2.45) is 0 Å². The highest BCUT2D eigenvalue weighted by Gasteiger charge is 2.22. The Balaban J connectivity index is 2.30. The maximum absolute atomic E-state index is 11.6. The van der Waals surface area contributed by atoms with Crippen LogP contribution in [0, 0.1) is 0 Å². The van der Waals surface area contributed by atoms with Gasteiger partial charge in [-0.15, -0.1) is 0 Å². The van der Waals surface area contributed by atoms with Gasteiger partial charge >= 0.3 is 0 Å². The molecule has 1 heterocycles. The van der Waals surface area contributed by atoms with E-state index in [2.05, 4.69) is 10.6 Å². The second-order valence-corrected chi connectivity index (χ2v) is 5.18. The molecule has 0 atom stereocenters. The van der Waals surface area contributed by atoms with Gasteiger partial charge in [-0.2, -0.15) is 11.3 Å². The lowest BCUT2D eigenvalue weighted by Gasteiger charge is -2.25. The number of amides is 2. The Kier molecular flexibility index (Phi) is 5.98. The second kappa shape index (κ2) is 7.25. The van der Waals surface area contributed by atoms with Crippen LogP contribution in [0.2, 0.25) is 0 Å². The fourth-order valence-corrected chi connectivity index (χ4v) is 2.12. The van der Waals surface area contributed by atoms with Crippen molar-refractivity contribution in [2.75, 3.05) is 13.1 Å². The van der Waals surface area contributed by atoms with E-state index in [1.54, 1.807) is 16.8 Å². The molecule has 0 radical (unpaired) electrons. The highest BCUT2D eigenvalue weighted by molar-refractivity contribution is 7.08. The van der Waals surface area contributed by atoms with Crippen LogP contribution in [-0.2, 0) is 4.79 Å². The van der Waals surface area contributed by atoms with Crippen molar-refractivity contribution in [1.82, 2.24) is 10.6 Å². The summed E-state index contributed by atoms with van der Waals surface area (Å²) >= 11 is 1.43. The van der Waals surface area contributed by atoms with Gasteiger partial charge in [-0.25, -0.2) is 0 Å². The summed E-state index contributed by atoms with van der Waals surface area (Å²) in [4.78, 5) is 23.2. The molecule has 1 aromatic rings. The largest absolute Gasteiger partial charge is 0.388 e. The van der Waals surface area contributed by atoms with Gasteiger partial charge in [-0.1, -0.05) is 13.8 Å². The molecule has 0 fully saturated rings. The fraction of sp³-hybridized carbons (Fsp3) is 0.538. The van der Waals surface area contributed by atoms with Crippen LogP contribution in [0.25, 0.3) is 0 Å². The number of rotatable bonds is 7. The molecule has 0 aliphatic heterocycles. The van der Waals surface area contributed by atoms with Crippen LogP contribution in [0.5, 0.6) is 0 Å². The molecule has 1 aromatic heterocycles. The van der Waals surface area contributed by atoms with Gasteiger partial charge in [0.25, 0.3) is 5.91 Å². The van der Waals surface area contributed by atoms with Gasteiger partial charge in [0.15, 0.2) is 0 Å². The van der Waals surface area contributed by atoms with E-state index in [4.69, 9.17) is 0 Å². The Bertz CT molecular complexity index is 414. The topological polar surface area (TPSA) is 78.4 Å². The normalized spacial score (nSPS) is 11.1. The quantitative estimate of drug-likeness (QED) is 0.702. The third-order valence-corrected chi connectivity index (χ3v) is 3.81. The first-order valence-electron chi connectivity index (χ1n) is 6.30. The van der Waals surface area contributed by atoms with Crippen molar-refractivity contribution >= 4 is 23.2 Å². The summed E-state index contributed by atoms with van der Waals surface area (Å²) < 4.78 is 0. The van der Waals surface area contributed by atoms with Crippen LogP contribution in [0.3, 0.4) is 0 Å². The number of hydrogen-bond donors (Lipinski definition) is 3. The molecule has 6 heteroatoms. The molecule has 5 nitrogen and oxygen atoms in total. The number of thiophene rings is 1. The first kappa shape index (κ1) is 15.7. The van der Waals surface area contributed by atoms with Gasteiger partial charge in [0, 0.05) is 17.5 Å². The number of carbonyl (C=O) groups excluding carboxylic acids is 2. The maximum atomic E-state index is 11.6. The Hall–Kier alpha value is -1.40. The predicted octanol–water partition coefficient (Wildman–Crippen LogP) is 1.15. The Morgan fingerprint density at radius 2 is 2.00 bits per heavy atom. The van der Waals surface area contributed by atoms with E-state index < -0.39 is 5.60 Å². The average Bonchev–Trinajstić information content (AvgIpc) is 2.96. The van der Waals surface area contributed by atoms with E-state index in [1.807, 2.05) is 13.8 Å². The van der Waals surface area contributed by atoms with Crippen LogP contribution in [0.15, 0.2) is 16.8 Å². The molecule has 0 saturated carbocycles. The molecule has 1 rings (SSSR count). The summed E-state index contributed by atoms with van der Waals surface area (Å²) in [6, 6.07) is 1.70. The molecule has 0 spiro atoms. The Labute approximate surface area is 117 Å². The van der Waals surface area contributed by atoms with Gasteiger partial charge in [0.05, 0.1) is 12.1 Å². The fourth-order valence-electron chi connectivity index (χ4n) is 1.48. The van der Waals surface area contributed by atoms with Gasteiger partial charge in [-0.05, 0) is 24.3 Å². The summed E-state index contributed by atoms with van der Waals surface area (Å²) in [5, 5.41) is 18.7. The summed E-state index contributed by atoms with van der Waals surface area (Å²) in [7, 11) is 0. The number of nitrogens with one attached hydrogen (secondary N) is 2. The molecule has 0 saturated heterocycles. The monoisotopic (exact) mass is 284 g/mol. The smallest absolute Gasteiger partial charge is 0.252 e. The van der Waals surface area contributed by atoms with Crippen LogP contribution < -0.4 is 10.6 Å². The van der Waals surface area contributed by atoms with Crippen LogP contribution in [0.4, 0.5) is 0 Å². The minimum atomic E-state index is -0.868. The Morgan fingerprint density at radius 3 is 2.53 bits per heavy atom. The number of aliphatic hydroxyl groups is 1. The lowest BCUT2D eigenvalue weighted by molar-refractivity contribution is -0.121. The second-order valence-electron chi connectivity index (χ2n) is 4.40. The zero-order chi connectivity index (χ0) is 14.3. The number of hydrogen-bond acceptors (Lipinski definition) is 4. The van der Waals surface area contributed by atoms with E-state index in [9.17, 15) is 14.7 Å². The highest BCUT2D eigenvalue weighted by Crippen LogP contribution is 2.12. The van der Waals surface area contributed by atoms with E-state index in [0.717, 1.165) is 0 Å². The van der Waals surface area contributed by atoms with Crippen LogP contribution in [-0.4, -0.2) is 35.6 Å². The summed E-state index contributed by atoms with van der Waals surface area (Å²) in [6.45, 7) is 3.85. The van der Waals surface area contributed by atoms with Crippen molar-refractivity contribution in [1.29, 1.82) is 0 Å². The first-order valence-corrected chi connectivity index (χ1v) is 7.24. The molecule has 0 bridgehead atoms. The molecule has 0 aliphatic carbocycles. The highest BCUT2D eigenvalue weighted by atomic mass is 32.1. The standard InChI is InChI=1S/C13H20N2O3S/c1-3-13(18,4-2)9-15-11(16)7-14-12(17)10-5-6-19-8-10/h5-6,8,18H,3-4,7,9H2,1-2H3,(H,14,17)(H,15,16). The molecule has 106 valence electrons. The van der Waals surface area contributed by atoms with Crippen molar-refractivity contribution in [3.05, 3.63) is 22.4 Å². The van der Waals surface area contributed by atoms with E-state index in [0.29, 0.717) is 18.4 Å². The van der Waals surface area contributed by atoms with Gasteiger partial charge < -0.3 is 15.7 Å². The number of carbonyl (C=O) groups is 2. The van der Waals surface area contributed by atoms with Crippen LogP contribution >= 0.6 is 11.3 Å². The van der Waals surface area contributed by atoms with Gasteiger partial charge in [0.2, 0.25) is 5.91 Å². The lowest BCUT2D eigenvalue weighted by atomic mass is 9.98.